The minimum Gasteiger partial charge on any atom is -0.422 e. The first-order chi connectivity index (χ1) is 14.2. The quantitative estimate of drug-likeness (QED) is 0.265. The second kappa shape index (κ2) is 8.82. The van der Waals surface area contributed by atoms with Crippen molar-refractivity contribution in [3.05, 3.63) is 23.8 Å². The molecule has 178 valence electrons. The minimum absolute atomic E-state index is 0.168. The predicted octanol–water partition coefficient (Wildman–Crippen LogP) is 1.94. The summed E-state index contributed by atoms with van der Waals surface area (Å²) >= 11 is 0. The van der Waals surface area contributed by atoms with E-state index in [2.05, 4.69) is 9.47 Å². The van der Waals surface area contributed by atoms with Gasteiger partial charge in [-0.25, -0.2) is 9.59 Å². The molecular formula is C17H17F4NO9S. The molecule has 0 aliphatic heterocycles. The second-order valence-electron chi connectivity index (χ2n) is 7.39. The Hall–Kier alpha value is -3.07. The number of benzene rings is 1. The lowest BCUT2D eigenvalue weighted by atomic mass is 9.95. The molecule has 0 bridgehead atoms. The van der Waals surface area contributed by atoms with Crippen LogP contribution in [0.2, 0.25) is 0 Å². The Morgan fingerprint density at radius 3 is 1.69 bits per heavy atom. The van der Waals surface area contributed by atoms with E-state index in [1.807, 2.05) is 5.32 Å². The molecule has 0 fully saturated rings. The molecule has 0 radical (unpaired) electrons. The smallest absolute Gasteiger partial charge is 0.422 e. The average molecular weight is 487 g/mol. The fourth-order valence-corrected chi connectivity index (χ4v) is 1.90. The zero-order valence-corrected chi connectivity index (χ0v) is 17.7. The molecule has 0 saturated heterocycles. The largest absolute Gasteiger partial charge is 0.466 e. The standard InChI is InChI=1S/C17H17F4NO9S/c1-15(2,3)12(24)22-11(23)8-5-9(30-13(25)16(4,18)19)7-10(6-8)31-14(26)17(20,21)32(27,28)29/h5-7H,1-4H3,(H,22,23,24)(H,27,28,29). The Balaban J connectivity index is 3.41. The van der Waals surface area contributed by atoms with E-state index in [-0.39, 0.29) is 6.92 Å². The van der Waals surface area contributed by atoms with Gasteiger partial charge in [0.2, 0.25) is 5.91 Å². The van der Waals surface area contributed by atoms with Crippen LogP contribution in [-0.4, -0.2) is 47.9 Å². The number of halogens is 4. The Labute approximate surface area is 178 Å². The summed E-state index contributed by atoms with van der Waals surface area (Å²) in [7, 11) is -6.25. The summed E-state index contributed by atoms with van der Waals surface area (Å²) < 4.78 is 91.2. The number of amides is 2. The second-order valence-corrected chi connectivity index (χ2v) is 8.85. The maximum Gasteiger partial charge on any atom is 0.466 e. The highest BCUT2D eigenvalue weighted by Crippen LogP contribution is 2.29. The van der Waals surface area contributed by atoms with Gasteiger partial charge in [0.25, 0.3) is 5.91 Å². The van der Waals surface area contributed by atoms with Gasteiger partial charge in [-0.3, -0.25) is 19.5 Å². The van der Waals surface area contributed by atoms with Crippen molar-refractivity contribution in [1.29, 1.82) is 0 Å². The summed E-state index contributed by atoms with van der Waals surface area (Å²) in [6.45, 7) is 4.47. The number of carbonyl (C=O) groups excluding carboxylic acids is 4. The summed E-state index contributed by atoms with van der Waals surface area (Å²) in [5.41, 5.74) is -1.75. The molecule has 0 aliphatic rings. The highest BCUT2D eigenvalue weighted by molar-refractivity contribution is 7.87. The van der Waals surface area contributed by atoms with E-state index in [0.29, 0.717) is 18.2 Å². The summed E-state index contributed by atoms with van der Waals surface area (Å²) in [6, 6.07) is 1.63. The zero-order valence-electron chi connectivity index (χ0n) is 16.9. The van der Waals surface area contributed by atoms with E-state index < -0.39 is 67.5 Å². The summed E-state index contributed by atoms with van der Waals surface area (Å²) in [5.74, 6) is -13.0. The molecule has 0 atom stereocenters. The van der Waals surface area contributed by atoms with Crippen molar-refractivity contribution in [3.8, 4) is 11.5 Å². The third-order valence-electron chi connectivity index (χ3n) is 3.39. The van der Waals surface area contributed by atoms with Crippen molar-refractivity contribution in [2.24, 2.45) is 5.41 Å². The van der Waals surface area contributed by atoms with Crippen molar-refractivity contribution in [2.45, 2.75) is 38.9 Å². The molecule has 0 heterocycles. The molecule has 1 rings (SSSR count). The fourth-order valence-electron chi connectivity index (χ4n) is 1.65. The van der Waals surface area contributed by atoms with Gasteiger partial charge in [0, 0.05) is 24.0 Å². The summed E-state index contributed by atoms with van der Waals surface area (Å²) in [5, 5.41) is -3.54. The maximum atomic E-state index is 13.4. The molecule has 1 aromatic rings. The van der Waals surface area contributed by atoms with Crippen LogP contribution in [0.5, 0.6) is 11.5 Å². The zero-order chi connectivity index (χ0) is 25.3. The van der Waals surface area contributed by atoms with E-state index in [1.165, 1.54) is 20.8 Å². The Kier molecular flexibility index (Phi) is 7.43. The third kappa shape index (κ3) is 6.71. The van der Waals surface area contributed by atoms with Crippen molar-refractivity contribution in [1.82, 2.24) is 5.32 Å². The molecule has 10 nitrogen and oxygen atoms in total. The van der Waals surface area contributed by atoms with E-state index >= 15 is 0 Å². The van der Waals surface area contributed by atoms with Gasteiger partial charge in [0.05, 0.1) is 0 Å². The number of hydrogen-bond donors (Lipinski definition) is 2. The van der Waals surface area contributed by atoms with Crippen LogP contribution in [0.25, 0.3) is 0 Å². The molecule has 15 heteroatoms. The average Bonchev–Trinajstić information content (AvgIpc) is 2.58. The summed E-state index contributed by atoms with van der Waals surface area (Å²) in [6.07, 6.45) is 0. The molecule has 2 N–H and O–H groups in total. The van der Waals surface area contributed by atoms with Crippen LogP contribution < -0.4 is 14.8 Å². The van der Waals surface area contributed by atoms with Gasteiger partial charge in [-0.1, -0.05) is 20.8 Å². The molecule has 0 aliphatic carbocycles. The number of imide groups is 1. The number of ether oxygens (including phenoxy) is 2. The van der Waals surface area contributed by atoms with Crippen LogP contribution in [0.3, 0.4) is 0 Å². The number of hydrogen-bond acceptors (Lipinski definition) is 8. The SMILES string of the molecule is CC(C)(C)C(=O)NC(=O)c1cc(OC(=O)C(C)(F)F)cc(OC(=O)C(F)(F)S(=O)(=O)O)c1. The van der Waals surface area contributed by atoms with Gasteiger partial charge in [0.15, 0.2) is 0 Å². The Morgan fingerprint density at radius 1 is 0.875 bits per heavy atom. The van der Waals surface area contributed by atoms with Crippen molar-refractivity contribution in [3.63, 3.8) is 0 Å². The van der Waals surface area contributed by atoms with Gasteiger partial charge in [0.1, 0.15) is 11.5 Å². The van der Waals surface area contributed by atoms with Crippen molar-refractivity contribution < 1.29 is 59.2 Å². The molecule has 32 heavy (non-hydrogen) atoms. The lowest BCUT2D eigenvalue weighted by Crippen LogP contribution is -2.40. The molecule has 0 unspecified atom stereocenters. The van der Waals surface area contributed by atoms with Gasteiger partial charge in [-0.05, 0) is 12.1 Å². The molecule has 2 amide bonds. The van der Waals surface area contributed by atoms with Crippen LogP contribution in [0.1, 0.15) is 38.1 Å². The van der Waals surface area contributed by atoms with Crippen LogP contribution in [0, 0.1) is 5.41 Å². The minimum atomic E-state index is -6.25. The lowest BCUT2D eigenvalue weighted by Gasteiger charge is -2.17. The maximum absolute atomic E-state index is 13.4. The van der Waals surface area contributed by atoms with Gasteiger partial charge in [-0.2, -0.15) is 26.0 Å². The normalized spacial score (nSPS) is 12.7. The summed E-state index contributed by atoms with van der Waals surface area (Å²) in [4.78, 5) is 47.1. The van der Waals surface area contributed by atoms with Crippen molar-refractivity contribution in [2.75, 3.05) is 0 Å². The predicted molar refractivity (Wildman–Crippen MR) is 96.8 cm³/mol. The molecule has 0 spiro atoms. The van der Waals surface area contributed by atoms with Gasteiger partial charge >= 0.3 is 33.2 Å². The first-order valence-corrected chi connectivity index (χ1v) is 9.78. The number of esters is 2. The number of nitrogens with one attached hydrogen (secondary N) is 1. The van der Waals surface area contributed by atoms with Crippen LogP contribution >= 0.6 is 0 Å². The highest BCUT2D eigenvalue weighted by Gasteiger charge is 2.54. The first kappa shape index (κ1) is 27.0. The van der Waals surface area contributed by atoms with Crippen LogP contribution in [0.15, 0.2) is 18.2 Å². The number of alkyl halides is 4. The van der Waals surface area contributed by atoms with E-state index in [9.17, 15) is 45.2 Å². The first-order valence-electron chi connectivity index (χ1n) is 8.34. The van der Waals surface area contributed by atoms with Crippen LogP contribution in [0.4, 0.5) is 17.6 Å². The van der Waals surface area contributed by atoms with E-state index in [1.54, 1.807) is 0 Å². The molecular weight excluding hydrogens is 470 g/mol. The van der Waals surface area contributed by atoms with E-state index in [4.69, 9.17) is 4.55 Å². The van der Waals surface area contributed by atoms with Crippen LogP contribution in [-0.2, 0) is 24.5 Å². The number of carbonyl (C=O) groups is 4. The Morgan fingerprint density at radius 2 is 1.31 bits per heavy atom. The molecule has 1 aromatic carbocycles. The van der Waals surface area contributed by atoms with E-state index in [0.717, 1.165) is 0 Å². The lowest BCUT2D eigenvalue weighted by molar-refractivity contribution is -0.158. The fraction of sp³-hybridized carbons (Fsp3) is 0.412. The highest BCUT2D eigenvalue weighted by atomic mass is 32.2. The third-order valence-corrected chi connectivity index (χ3v) is 4.21. The van der Waals surface area contributed by atoms with Gasteiger partial charge < -0.3 is 9.47 Å². The number of rotatable bonds is 6. The molecule has 0 aromatic heterocycles. The topological polar surface area (TPSA) is 153 Å². The Bertz CT molecular complexity index is 1060. The monoisotopic (exact) mass is 487 g/mol. The van der Waals surface area contributed by atoms with Gasteiger partial charge in [-0.15, -0.1) is 0 Å². The van der Waals surface area contributed by atoms with Crippen molar-refractivity contribution >= 4 is 33.9 Å². The molecule has 0 saturated carbocycles.